The third-order valence-electron chi connectivity index (χ3n) is 2.39. The Hall–Kier alpha value is -1.11. The fourth-order valence-corrected chi connectivity index (χ4v) is 1.87. The maximum absolute atomic E-state index is 11.3. The van der Waals surface area contributed by atoms with E-state index in [0.29, 0.717) is 0 Å². The molecule has 0 atom stereocenters. The number of hydrogen-bond donors (Lipinski definition) is 2. The molecule has 0 rings (SSSR count). The second-order valence-corrected chi connectivity index (χ2v) is 5.85. The van der Waals surface area contributed by atoms with Gasteiger partial charge in [-0.05, 0) is 12.8 Å². The highest BCUT2D eigenvalue weighted by Crippen LogP contribution is 2.15. The predicted molar refractivity (Wildman–Crippen MR) is 58.8 cm³/mol. The Labute approximate surface area is 95.0 Å². The lowest BCUT2D eigenvalue weighted by atomic mass is 9.93. The fourth-order valence-electron chi connectivity index (χ4n) is 1.32. The van der Waals surface area contributed by atoms with Crippen LogP contribution in [-0.2, 0) is 19.4 Å². The number of sulfone groups is 1. The summed E-state index contributed by atoms with van der Waals surface area (Å²) >= 11 is 0. The Balaban J connectivity index is 4.79. The summed E-state index contributed by atoms with van der Waals surface area (Å²) in [4.78, 5) is 22.4. The third kappa shape index (κ3) is 4.18. The van der Waals surface area contributed by atoms with Gasteiger partial charge in [0.05, 0.1) is 0 Å². The largest absolute Gasteiger partial charge is 0.480 e. The van der Waals surface area contributed by atoms with Crippen LogP contribution in [0.5, 0.6) is 0 Å². The third-order valence-corrected chi connectivity index (χ3v) is 3.18. The molecule has 7 heteroatoms. The molecule has 0 aliphatic heterocycles. The monoisotopic (exact) mass is 251 g/mol. The van der Waals surface area contributed by atoms with Crippen molar-refractivity contribution in [3.05, 3.63) is 0 Å². The van der Waals surface area contributed by atoms with Gasteiger partial charge in [-0.15, -0.1) is 0 Å². The molecular weight excluding hydrogens is 234 g/mol. The summed E-state index contributed by atoms with van der Waals surface area (Å²) < 4.78 is 21.7. The Morgan fingerprint density at radius 2 is 1.69 bits per heavy atom. The van der Waals surface area contributed by atoms with Crippen molar-refractivity contribution in [2.45, 2.75) is 32.2 Å². The lowest BCUT2D eigenvalue weighted by Gasteiger charge is -2.27. The van der Waals surface area contributed by atoms with E-state index >= 15 is 0 Å². The van der Waals surface area contributed by atoms with Gasteiger partial charge >= 0.3 is 5.97 Å². The van der Waals surface area contributed by atoms with E-state index in [0.717, 1.165) is 6.26 Å². The molecule has 1 amide bonds. The molecule has 0 fully saturated rings. The quantitative estimate of drug-likeness (QED) is 0.680. The molecule has 0 saturated carbocycles. The summed E-state index contributed by atoms with van der Waals surface area (Å²) in [6.45, 7) is 3.25. The van der Waals surface area contributed by atoms with E-state index in [2.05, 4.69) is 5.32 Å². The molecule has 2 N–H and O–H groups in total. The Bertz CT molecular complexity index is 369. The van der Waals surface area contributed by atoms with Gasteiger partial charge in [-0.25, -0.2) is 13.2 Å². The number of carbonyl (C=O) groups excluding carboxylic acids is 1. The maximum Gasteiger partial charge on any atom is 0.329 e. The summed E-state index contributed by atoms with van der Waals surface area (Å²) in [7, 11) is -3.44. The number of carbonyl (C=O) groups is 2. The van der Waals surface area contributed by atoms with Crippen molar-refractivity contribution < 1.29 is 23.1 Å². The van der Waals surface area contributed by atoms with E-state index in [1.165, 1.54) is 0 Å². The molecular formula is C9H17NO5S. The molecule has 94 valence electrons. The number of hydrogen-bond acceptors (Lipinski definition) is 4. The summed E-state index contributed by atoms with van der Waals surface area (Å²) in [5.74, 6) is -2.63. The second kappa shape index (κ2) is 5.29. The van der Waals surface area contributed by atoms with Gasteiger partial charge in [0.15, 0.2) is 9.84 Å². The topological polar surface area (TPSA) is 101 Å². The van der Waals surface area contributed by atoms with Crippen molar-refractivity contribution >= 4 is 21.7 Å². The van der Waals surface area contributed by atoms with Gasteiger partial charge in [-0.3, -0.25) is 4.79 Å². The van der Waals surface area contributed by atoms with Crippen molar-refractivity contribution in [1.29, 1.82) is 0 Å². The van der Waals surface area contributed by atoms with E-state index in [1.54, 1.807) is 13.8 Å². The van der Waals surface area contributed by atoms with Crippen LogP contribution in [0.1, 0.15) is 26.7 Å². The highest BCUT2D eigenvalue weighted by Gasteiger charge is 2.36. The van der Waals surface area contributed by atoms with Crippen LogP contribution < -0.4 is 5.32 Å². The number of carboxylic acids is 1. The zero-order chi connectivity index (χ0) is 13.0. The van der Waals surface area contributed by atoms with Gasteiger partial charge in [-0.1, -0.05) is 13.8 Å². The first-order valence-corrected chi connectivity index (χ1v) is 6.95. The van der Waals surface area contributed by atoms with Gasteiger partial charge in [0.1, 0.15) is 11.3 Å². The first-order valence-electron chi connectivity index (χ1n) is 4.89. The number of aliphatic carboxylic acids is 1. The standard InChI is InChI=1S/C9H17NO5S/c1-4-9(5-2,8(12)13)10-7(11)6-16(3,14)15/h4-6H2,1-3H3,(H,10,11)(H,12,13). The lowest BCUT2D eigenvalue weighted by Crippen LogP contribution is -2.54. The molecule has 0 aliphatic rings. The van der Waals surface area contributed by atoms with Crippen LogP contribution in [-0.4, -0.2) is 42.9 Å². The lowest BCUT2D eigenvalue weighted by molar-refractivity contribution is -0.147. The summed E-state index contributed by atoms with van der Waals surface area (Å²) in [6.07, 6.45) is 1.33. The fraction of sp³-hybridized carbons (Fsp3) is 0.778. The molecule has 0 aliphatic carbocycles. The van der Waals surface area contributed by atoms with Crippen molar-refractivity contribution in [1.82, 2.24) is 5.32 Å². The summed E-state index contributed by atoms with van der Waals surface area (Å²) in [6, 6.07) is 0. The van der Waals surface area contributed by atoms with E-state index < -0.39 is 33.0 Å². The average Bonchev–Trinajstić information content (AvgIpc) is 2.10. The second-order valence-electron chi connectivity index (χ2n) is 3.71. The van der Waals surface area contributed by atoms with Crippen LogP contribution >= 0.6 is 0 Å². The van der Waals surface area contributed by atoms with E-state index in [9.17, 15) is 18.0 Å². The smallest absolute Gasteiger partial charge is 0.329 e. The maximum atomic E-state index is 11.3. The van der Waals surface area contributed by atoms with Crippen LogP contribution in [0.15, 0.2) is 0 Å². The predicted octanol–water partition coefficient (Wildman–Crippen LogP) is -0.209. The Morgan fingerprint density at radius 3 is 1.94 bits per heavy atom. The average molecular weight is 251 g/mol. The van der Waals surface area contributed by atoms with E-state index in [4.69, 9.17) is 5.11 Å². The molecule has 0 bridgehead atoms. The highest BCUT2D eigenvalue weighted by molar-refractivity contribution is 7.91. The van der Waals surface area contributed by atoms with Gasteiger partial charge in [-0.2, -0.15) is 0 Å². The number of amides is 1. The number of nitrogens with one attached hydrogen (secondary N) is 1. The normalized spacial score (nSPS) is 12.2. The van der Waals surface area contributed by atoms with Crippen molar-refractivity contribution in [2.24, 2.45) is 0 Å². The van der Waals surface area contributed by atoms with Crippen molar-refractivity contribution in [3.8, 4) is 0 Å². The van der Waals surface area contributed by atoms with Gasteiger partial charge in [0, 0.05) is 6.26 Å². The van der Waals surface area contributed by atoms with Crippen molar-refractivity contribution in [3.63, 3.8) is 0 Å². The van der Waals surface area contributed by atoms with Crippen LogP contribution in [0.2, 0.25) is 0 Å². The summed E-state index contributed by atoms with van der Waals surface area (Å²) in [5, 5.41) is 11.3. The molecule has 6 nitrogen and oxygen atoms in total. The molecule has 0 aromatic carbocycles. The van der Waals surface area contributed by atoms with E-state index in [1.807, 2.05) is 0 Å². The van der Waals surface area contributed by atoms with Gasteiger partial charge < -0.3 is 10.4 Å². The highest BCUT2D eigenvalue weighted by atomic mass is 32.2. The SMILES string of the molecule is CCC(CC)(NC(=O)CS(C)(=O)=O)C(=O)O. The Morgan fingerprint density at radius 1 is 1.25 bits per heavy atom. The molecule has 0 unspecified atom stereocenters. The van der Waals surface area contributed by atoms with Crippen LogP contribution in [0, 0.1) is 0 Å². The number of rotatable bonds is 6. The first kappa shape index (κ1) is 14.9. The molecule has 0 radical (unpaired) electrons. The first-order chi connectivity index (χ1) is 7.17. The van der Waals surface area contributed by atoms with Gasteiger partial charge in [0.25, 0.3) is 0 Å². The molecule has 0 spiro atoms. The van der Waals surface area contributed by atoms with Crippen LogP contribution in [0.25, 0.3) is 0 Å². The minimum atomic E-state index is -3.44. The molecule has 0 saturated heterocycles. The summed E-state index contributed by atoms with van der Waals surface area (Å²) in [5.41, 5.74) is -1.37. The molecule has 16 heavy (non-hydrogen) atoms. The van der Waals surface area contributed by atoms with Crippen molar-refractivity contribution in [2.75, 3.05) is 12.0 Å². The number of carboxylic acid groups (broad SMARTS) is 1. The van der Waals surface area contributed by atoms with Gasteiger partial charge in [0.2, 0.25) is 5.91 Å². The molecule has 0 aromatic heterocycles. The molecule has 0 heterocycles. The molecule has 0 aromatic rings. The minimum Gasteiger partial charge on any atom is -0.480 e. The minimum absolute atomic E-state index is 0.203. The van der Waals surface area contributed by atoms with E-state index in [-0.39, 0.29) is 12.8 Å². The zero-order valence-electron chi connectivity index (χ0n) is 9.61. The van der Waals surface area contributed by atoms with Crippen LogP contribution in [0.4, 0.5) is 0 Å². The van der Waals surface area contributed by atoms with Crippen LogP contribution in [0.3, 0.4) is 0 Å². The zero-order valence-corrected chi connectivity index (χ0v) is 10.4. The Kier molecular flexibility index (Phi) is 4.92.